The molecule has 0 unspecified atom stereocenters. The van der Waals surface area contributed by atoms with Crippen LogP contribution < -0.4 is 10.9 Å². The molecule has 1 heterocycles. The molecule has 62 valence electrons. The van der Waals surface area contributed by atoms with Gasteiger partial charge in [0.05, 0.1) is 0 Å². The molecule has 1 N–H and O–H groups in total. The molecule has 1 rings (SSSR count). The zero-order valence-electron chi connectivity index (χ0n) is 6.50. The first-order valence-electron chi connectivity index (χ1n) is 3.09. The molecule has 0 aliphatic heterocycles. The summed E-state index contributed by atoms with van der Waals surface area (Å²) in [5, 5.41) is 2.80. The van der Waals surface area contributed by atoms with Crippen molar-refractivity contribution >= 4 is 18.1 Å². The summed E-state index contributed by atoms with van der Waals surface area (Å²) in [7, 11) is 3.46. The van der Waals surface area contributed by atoms with Crippen LogP contribution in [0.5, 0.6) is 0 Å². The van der Waals surface area contributed by atoms with Crippen LogP contribution in [0.1, 0.15) is 0 Å². The predicted octanol–water partition coefficient (Wildman–Crippen LogP) is 0.849. The van der Waals surface area contributed by atoms with E-state index in [2.05, 4.69) is 5.32 Å². The molecule has 1 aromatic rings. The maximum atomic E-state index is 11.1. The van der Waals surface area contributed by atoms with E-state index in [4.69, 9.17) is 0 Å². The van der Waals surface area contributed by atoms with Crippen LogP contribution >= 0.6 is 12.4 Å². The molecule has 0 bridgehead atoms. The molecular weight excluding hydrogens is 164 g/mol. The van der Waals surface area contributed by atoms with Crippen molar-refractivity contribution in [2.24, 2.45) is 7.05 Å². The smallest absolute Gasteiger partial charge is 0.273 e. The lowest BCUT2D eigenvalue weighted by molar-refractivity contribution is 0.862. The Bertz CT molecular complexity index is 282. The second-order valence-electron chi connectivity index (χ2n) is 2.09. The molecule has 0 aliphatic rings. The van der Waals surface area contributed by atoms with Crippen molar-refractivity contribution < 1.29 is 0 Å². The second kappa shape index (κ2) is 4.03. The molecule has 0 aromatic carbocycles. The van der Waals surface area contributed by atoms with Gasteiger partial charge in [-0.05, 0) is 12.1 Å². The third kappa shape index (κ3) is 1.98. The summed E-state index contributed by atoms with van der Waals surface area (Å²) in [6, 6.07) is 3.58. The number of aromatic nitrogens is 1. The molecule has 0 atom stereocenters. The molecule has 0 saturated heterocycles. The van der Waals surface area contributed by atoms with E-state index in [1.54, 1.807) is 26.4 Å². The van der Waals surface area contributed by atoms with Crippen LogP contribution in [0.2, 0.25) is 0 Å². The van der Waals surface area contributed by atoms with Gasteiger partial charge in [-0.25, -0.2) is 0 Å². The van der Waals surface area contributed by atoms with Crippen molar-refractivity contribution in [3.05, 3.63) is 28.7 Å². The fourth-order valence-corrected chi connectivity index (χ4v) is 0.788. The summed E-state index contributed by atoms with van der Waals surface area (Å²) in [5.41, 5.74) is 0.634. The lowest BCUT2D eigenvalue weighted by Gasteiger charge is -1.99. The maximum absolute atomic E-state index is 11.1. The molecule has 0 aliphatic carbocycles. The number of halogens is 1. The molecule has 4 heteroatoms. The first-order chi connectivity index (χ1) is 4.75. The highest BCUT2D eigenvalue weighted by molar-refractivity contribution is 5.85. The average Bonchev–Trinajstić information content (AvgIpc) is 1.95. The minimum atomic E-state index is 0. The monoisotopic (exact) mass is 174 g/mol. The van der Waals surface area contributed by atoms with Crippen molar-refractivity contribution in [1.82, 2.24) is 4.57 Å². The Balaban J connectivity index is 0.000001000. The highest BCUT2D eigenvalue weighted by atomic mass is 35.5. The molecule has 3 nitrogen and oxygen atoms in total. The molecular formula is C7H11ClN2O. The van der Waals surface area contributed by atoms with Crippen molar-refractivity contribution in [2.75, 3.05) is 12.4 Å². The van der Waals surface area contributed by atoms with E-state index in [0.717, 1.165) is 0 Å². The Labute approximate surface area is 71.5 Å². The number of hydrogen-bond acceptors (Lipinski definition) is 2. The van der Waals surface area contributed by atoms with Gasteiger partial charge in [-0.3, -0.25) is 4.79 Å². The third-order valence-corrected chi connectivity index (χ3v) is 1.39. The highest BCUT2D eigenvalue weighted by Crippen LogP contribution is 1.93. The van der Waals surface area contributed by atoms with Gasteiger partial charge >= 0.3 is 0 Å². The minimum absolute atomic E-state index is 0. The number of rotatable bonds is 1. The molecule has 0 amide bonds. The van der Waals surface area contributed by atoms with Crippen molar-refractivity contribution in [2.45, 2.75) is 0 Å². The average molecular weight is 175 g/mol. The summed E-state index contributed by atoms with van der Waals surface area (Å²) < 4.78 is 1.53. The van der Waals surface area contributed by atoms with Crippen LogP contribution in [0, 0.1) is 0 Å². The Morgan fingerprint density at radius 1 is 1.55 bits per heavy atom. The highest BCUT2D eigenvalue weighted by Gasteiger charge is 1.94. The summed E-state index contributed by atoms with van der Waals surface area (Å²) >= 11 is 0. The number of pyridine rings is 1. The van der Waals surface area contributed by atoms with E-state index in [0.29, 0.717) is 5.69 Å². The topological polar surface area (TPSA) is 34.0 Å². The van der Waals surface area contributed by atoms with Crippen LogP contribution in [0.25, 0.3) is 0 Å². The van der Waals surface area contributed by atoms with Gasteiger partial charge in [0.2, 0.25) is 0 Å². The first kappa shape index (κ1) is 10.0. The SMILES string of the molecule is CNc1cccn(C)c1=O.Cl. The minimum Gasteiger partial charge on any atom is -0.384 e. The van der Waals surface area contributed by atoms with Gasteiger partial charge in [0.1, 0.15) is 5.69 Å². The van der Waals surface area contributed by atoms with Gasteiger partial charge in [-0.2, -0.15) is 0 Å². The van der Waals surface area contributed by atoms with Crippen molar-refractivity contribution in [3.63, 3.8) is 0 Å². The van der Waals surface area contributed by atoms with Gasteiger partial charge in [0.15, 0.2) is 0 Å². The predicted molar refractivity (Wildman–Crippen MR) is 48.5 cm³/mol. The van der Waals surface area contributed by atoms with Crippen LogP contribution in [0.3, 0.4) is 0 Å². The summed E-state index contributed by atoms with van der Waals surface area (Å²) in [4.78, 5) is 11.1. The van der Waals surface area contributed by atoms with Gasteiger partial charge in [-0.1, -0.05) is 0 Å². The summed E-state index contributed by atoms with van der Waals surface area (Å²) in [5.74, 6) is 0. The normalized spacial score (nSPS) is 8.55. The van der Waals surface area contributed by atoms with E-state index in [1.165, 1.54) is 4.57 Å². The lowest BCUT2D eigenvalue weighted by atomic mass is 10.4. The molecule has 11 heavy (non-hydrogen) atoms. The summed E-state index contributed by atoms with van der Waals surface area (Å²) in [6.07, 6.45) is 1.73. The quantitative estimate of drug-likeness (QED) is 0.685. The first-order valence-corrected chi connectivity index (χ1v) is 3.09. The number of aryl methyl sites for hydroxylation is 1. The van der Waals surface area contributed by atoms with E-state index in [1.807, 2.05) is 6.07 Å². The Hall–Kier alpha value is -0.960. The van der Waals surface area contributed by atoms with Crippen LogP contribution in [0.4, 0.5) is 5.69 Å². The van der Waals surface area contributed by atoms with Gasteiger partial charge in [0.25, 0.3) is 5.56 Å². The second-order valence-corrected chi connectivity index (χ2v) is 2.09. The Morgan fingerprint density at radius 3 is 2.64 bits per heavy atom. The third-order valence-electron chi connectivity index (χ3n) is 1.39. The van der Waals surface area contributed by atoms with Gasteiger partial charge in [0, 0.05) is 20.3 Å². The van der Waals surface area contributed by atoms with Gasteiger partial charge in [-0.15, -0.1) is 12.4 Å². The van der Waals surface area contributed by atoms with Crippen molar-refractivity contribution in [1.29, 1.82) is 0 Å². The largest absolute Gasteiger partial charge is 0.384 e. The van der Waals surface area contributed by atoms with Crippen LogP contribution in [-0.4, -0.2) is 11.6 Å². The zero-order valence-corrected chi connectivity index (χ0v) is 7.31. The van der Waals surface area contributed by atoms with E-state index in [9.17, 15) is 4.79 Å². The molecule has 0 saturated carbocycles. The fourth-order valence-electron chi connectivity index (χ4n) is 0.788. The number of nitrogens with zero attached hydrogens (tertiary/aromatic N) is 1. The lowest BCUT2D eigenvalue weighted by Crippen LogP contribution is -2.18. The summed E-state index contributed by atoms with van der Waals surface area (Å²) in [6.45, 7) is 0. The van der Waals surface area contributed by atoms with Gasteiger partial charge < -0.3 is 9.88 Å². The molecule has 0 spiro atoms. The molecule has 1 aromatic heterocycles. The Morgan fingerprint density at radius 2 is 2.18 bits per heavy atom. The number of nitrogens with one attached hydrogen (secondary N) is 1. The maximum Gasteiger partial charge on any atom is 0.273 e. The zero-order chi connectivity index (χ0) is 7.56. The fraction of sp³-hybridized carbons (Fsp3) is 0.286. The van der Waals surface area contributed by atoms with Crippen LogP contribution in [0.15, 0.2) is 23.1 Å². The van der Waals surface area contributed by atoms with Crippen LogP contribution in [-0.2, 0) is 7.05 Å². The molecule has 0 radical (unpaired) electrons. The Kier molecular flexibility index (Phi) is 3.68. The van der Waals surface area contributed by atoms with E-state index in [-0.39, 0.29) is 18.0 Å². The number of hydrogen-bond donors (Lipinski definition) is 1. The number of anilines is 1. The van der Waals surface area contributed by atoms with E-state index >= 15 is 0 Å². The van der Waals surface area contributed by atoms with Crippen molar-refractivity contribution in [3.8, 4) is 0 Å². The van der Waals surface area contributed by atoms with E-state index < -0.39 is 0 Å². The molecule has 0 fully saturated rings. The standard InChI is InChI=1S/C7H10N2O.ClH/c1-8-6-4-3-5-9(2)7(6)10;/h3-5,8H,1-2H3;1H.